The van der Waals surface area contributed by atoms with Crippen LogP contribution in [0.15, 0.2) is 36.4 Å². The molecule has 0 aliphatic carbocycles. The van der Waals surface area contributed by atoms with Crippen LogP contribution >= 0.6 is 0 Å². The molecule has 0 radical (unpaired) electrons. The lowest BCUT2D eigenvalue weighted by atomic mass is 10.0. The Labute approximate surface area is 118 Å². The third kappa shape index (κ3) is 2.72. The SMILES string of the molecule is Cc1nc(N)cc(N2CCN[C@H](c3ccccc3)C2)n1. The molecule has 2 heterocycles. The standard InChI is InChI=1S/C15H19N5/c1-11-18-14(16)9-15(19-11)20-8-7-17-13(10-20)12-5-3-2-4-6-12/h2-6,9,13,17H,7-8,10H2,1H3,(H2,16,18,19)/t13-/m0/s1. The second kappa shape index (κ2) is 5.46. The highest BCUT2D eigenvalue weighted by Gasteiger charge is 2.21. The number of rotatable bonds is 2. The highest BCUT2D eigenvalue weighted by atomic mass is 15.3. The van der Waals surface area contributed by atoms with Crippen LogP contribution in [0.5, 0.6) is 0 Å². The van der Waals surface area contributed by atoms with Crippen molar-refractivity contribution in [3.63, 3.8) is 0 Å². The van der Waals surface area contributed by atoms with Crippen LogP contribution < -0.4 is 16.0 Å². The molecule has 0 amide bonds. The summed E-state index contributed by atoms with van der Waals surface area (Å²) in [5.74, 6) is 2.16. The van der Waals surface area contributed by atoms with Gasteiger partial charge in [-0.2, -0.15) is 0 Å². The number of hydrogen-bond donors (Lipinski definition) is 2. The highest BCUT2D eigenvalue weighted by Crippen LogP contribution is 2.22. The van der Waals surface area contributed by atoms with E-state index < -0.39 is 0 Å². The van der Waals surface area contributed by atoms with Gasteiger partial charge in [-0.1, -0.05) is 30.3 Å². The fourth-order valence-electron chi connectivity index (χ4n) is 2.60. The van der Waals surface area contributed by atoms with E-state index in [2.05, 4.69) is 44.5 Å². The average molecular weight is 269 g/mol. The van der Waals surface area contributed by atoms with Crippen molar-refractivity contribution in [3.8, 4) is 0 Å². The van der Waals surface area contributed by atoms with Gasteiger partial charge < -0.3 is 16.0 Å². The zero-order valence-electron chi connectivity index (χ0n) is 11.6. The van der Waals surface area contributed by atoms with E-state index in [4.69, 9.17) is 5.73 Å². The number of aryl methyl sites for hydroxylation is 1. The lowest BCUT2D eigenvalue weighted by molar-refractivity contribution is 0.469. The number of aromatic nitrogens is 2. The van der Waals surface area contributed by atoms with Crippen molar-refractivity contribution in [2.24, 2.45) is 0 Å². The van der Waals surface area contributed by atoms with Crippen LogP contribution in [0, 0.1) is 6.92 Å². The lowest BCUT2D eigenvalue weighted by Gasteiger charge is -2.34. The van der Waals surface area contributed by atoms with Crippen LogP contribution in [0.4, 0.5) is 11.6 Å². The topological polar surface area (TPSA) is 67.1 Å². The first kappa shape index (κ1) is 12.9. The molecule has 3 N–H and O–H groups in total. The molecule has 104 valence electrons. The van der Waals surface area contributed by atoms with Crippen molar-refractivity contribution in [3.05, 3.63) is 47.8 Å². The molecule has 20 heavy (non-hydrogen) atoms. The van der Waals surface area contributed by atoms with E-state index in [9.17, 15) is 0 Å². The summed E-state index contributed by atoms with van der Waals surface area (Å²) in [6.45, 7) is 4.62. The molecule has 1 aromatic carbocycles. The molecule has 1 aliphatic rings. The average Bonchev–Trinajstić information content (AvgIpc) is 2.47. The number of nitrogen functional groups attached to an aromatic ring is 1. The minimum Gasteiger partial charge on any atom is -0.384 e. The number of nitrogens with zero attached hydrogens (tertiary/aromatic N) is 3. The first-order chi connectivity index (χ1) is 9.72. The zero-order chi connectivity index (χ0) is 13.9. The minimum absolute atomic E-state index is 0.321. The molecule has 1 aromatic heterocycles. The number of benzene rings is 1. The molecule has 2 aromatic rings. The molecule has 1 atom stereocenters. The van der Waals surface area contributed by atoms with E-state index in [1.165, 1.54) is 5.56 Å². The lowest BCUT2D eigenvalue weighted by Crippen LogP contribution is -2.46. The predicted octanol–water partition coefficient (Wildman–Crippen LogP) is 1.52. The Bertz CT molecular complexity index is 564. The van der Waals surface area contributed by atoms with Crippen LogP contribution in [0.25, 0.3) is 0 Å². The van der Waals surface area contributed by atoms with Gasteiger partial charge in [-0.25, -0.2) is 9.97 Å². The van der Waals surface area contributed by atoms with E-state index in [0.29, 0.717) is 11.9 Å². The molecule has 3 rings (SSSR count). The van der Waals surface area contributed by atoms with E-state index >= 15 is 0 Å². The van der Waals surface area contributed by atoms with Gasteiger partial charge in [0.1, 0.15) is 17.5 Å². The van der Waals surface area contributed by atoms with Crippen LogP contribution in [0.2, 0.25) is 0 Å². The van der Waals surface area contributed by atoms with Crippen LogP contribution in [0.1, 0.15) is 17.4 Å². The largest absolute Gasteiger partial charge is 0.384 e. The van der Waals surface area contributed by atoms with Crippen molar-refractivity contribution in [1.82, 2.24) is 15.3 Å². The number of hydrogen-bond acceptors (Lipinski definition) is 5. The van der Waals surface area contributed by atoms with Gasteiger partial charge in [-0.05, 0) is 12.5 Å². The van der Waals surface area contributed by atoms with Gasteiger partial charge in [0.2, 0.25) is 0 Å². The monoisotopic (exact) mass is 269 g/mol. The van der Waals surface area contributed by atoms with Crippen molar-refractivity contribution < 1.29 is 0 Å². The normalized spacial score (nSPS) is 19.1. The molecule has 0 saturated carbocycles. The number of nitrogens with one attached hydrogen (secondary N) is 1. The van der Waals surface area contributed by atoms with Crippen molar-refractivity contribution in [2.75, 3.05) is 30.3 Å². The molecular weight excluding hydrogens is 250 g/mol. The van der Waals surface area contributed by atoms with Gasteiger partial charge in [0.05, 0.1) is 0 Å². The minimum atomic E-state index is 0.321. The van der Waals surface area contributed by atoms with Crippen molar-refractivity contribution in [2.45, 2.75) is 13.0 Å². The maximum absolute atomic E-state index is 5.82. The van der Waals surface area contributed by atoms with Gasteiger partial charge in [-0.3, -0.25) is 0 Å². The van der Waals surface area contributed by atoms with Crippen LogP contribution in [-0.4, -0.2) is 29.6 Å². The summed E-state index contributed by atoms with van der Waals surface area (Å²) in [6.07, 6.45) is 0. The molecular formula is C15H19N5. The summed E-state index contributed by atoms with van der Waals surface area (Å²) in [7, 11) is 0. The van der Waals surface area contributed by atoms with Gasteiger partial charge in [0.25, 0.3) is 0 Å². The summed E-state index contributed by atoms with van der Waals surface area (Å²) < 4.78 is 0. The molecule has 0 unspecified atom stereocenters. The predicted molar refractivity (Wildman–Crippen MR) is 80.6 cm³/mol. The zero-order valence-corrected chi connectivity index (χ0v) is 11.6. The summed E-state index contributed by atoms with van der Waals surface area (Å²) >= 11 is 0. The van der Waals surface area contributed by atoms with Gasteiger partial charge in [0, 0.05) is 31.7 Å². The molecule has 5 heteroatoms. The van der Waals surface area contributed by atoms with Gasteiger partial charge in [0.15, 0.2) is 0 Å². The van der Waals surface area contributed by atoms with E-state index in [0.717, 1.165) is 31.3 Å². The Hall–Kier alpha value is -2.14. The summed E-state index contributed by atoms with van der Waals surface area (Å²) in [5, 5.41) is 3.55. The Kier molecular flexibility index (Phi) is 3.52. The third-order valence-electron chi connectivity index (χ3n) is 3.55. The molecule has 1 fully saturated rings. The Balaban J connectivity index is 1.81. The first-order valence-corrected chi connectivity index (χ1v) is 6.87. The first-order valence-electron chi connectivity index (χ1n) is 6.87. The van der Waals surface area contributed by atoms with Gasteiger partial charge >= 0.3 is 0 Å². The fraction of sp³-hybridized carbons (Fsp3) is 0.333. The molecule has 0 bridgehead atoms. The second-order valence-electron chi connectivity index (χ2n) is 5.06. The Morgan fingerprint density at radius 1 is 1.25 bits per heavy atom. The number of piperazine rings is 1. The highest BCUT2D eigenvalue weighted by molar-refractivity contribution is 5.47. The maximum atomic E-state index is 5.82. The quantitative estimate of drug-likeness (QED) is 0.865. The van der Waals surface area contributed by atoms with E-state index in [-0.39, 0.29) is 0 Å². The second-order valence-corrected chi connectivity index (χ2v) is 5.06. The van der Waals surface area contributed by atoms with E-state index in [1.807, 2.05) is 19.1 Å². The van der Waals surface area contributed by atoms with Crippen LogP contribution in [-0.2, 0) is 0 Å². The van der Waals surface area contributed by atoms with Crippen molar-refractivity contribution >= 4 is 11.6 Å². The Morgan fingerprint density at radius 2 is 2.05 bits per heavy atom. The molecule has 0 spiro atoms. The fourth-order valence-corrected chi connectivity index (χ4v) is 2.60. The van der Waals surface area contributed by atoms with Gasteiger partial charge in [-0.15, -0.1) is 0 Å². The maximum Gasteiger partial charge on any atom is 0.134 e. The molecule has 1 aliphatic heterocycles. The number of nitrogens with two attached hydrogens (primary N) is 1. The summed E-state index contributed by atoms with van der Waals surface area (Å²) in [4.78, 5) is 10.9. The smallest absolute Gasteiger partial charge is 0.134 e. The third-order valence-corrected chi connectivity index (χ3v) is 3.55. The van der Waals surface area contributed by atoms with E-state index in [1.54, 1.807) is 0 Å². The molecule has 1 saturated heterocycles. The summed E-state index contributed by atoms with van der Waals surface area (Å²) in [6, 6.07) is 12.7. The summed E-state index contributed by atoms with van der Waals surface area (Å²) in [5.41, 5.74) is 7.12. The number of anilines is 2. The van der Waals surface area contributed by atoms with Crippen molar-refractivity contribution in [1.29, 1.82) is 0 Å². The molecule has 5 nitrogen and oxygen atoms in total. The Morgan fingerprint density at radius 3 is 2.80 bits per heavy atom. The van der Waals surface area contributed by atoms with Crippen LogP contribution in [0.3, 0.4) is 0 Å².